The molecule has 3 heterocycles. The number of hydrogen-bond acceptors (Lipinski definition) is 7. The van der Waals surface area contributed by atoms with E-state index in [1.165, 1.54) is 18.3 Å². The van der Waals surface area contributed by atoms with E-state index in [-0.39, 0.29) is 27.2 Å². The Morgan fingerprint density at radius 2 is 1.72 bits per heavy atom. The zero-order valence-corrected chi connectivity index (χ0v) is 28.9. The van der Waals surface area contributed by atoms with Crippen molar-refractivity contribution in [2.45, 2.75) is 51.2 Å². The largest absolute Gasteiger partial charge is 0.373 e. The molecule has 0 radical (unpaired) electrons. The van der Waals surface area contributed by atoms with Crippen LogP contribution in [0, 0.1) is 17.1 Å². The van der Waals surface area contributed by atoms with Gasteiger partial charge in [0.1, 0.15) is 17.6 Å². The second-order valence-electron chi connectivity index (χ2n) is 12.5. The van der Waals surface area contributed by atoms with Gasteiger partial charge in [-0.1, -0.05) is 63.7 Å². The minimum atomic E-state index is -0.655. The van der Waals surface area contributed by atoms with E-state index in [9.17, 15) is 9.65 Å². The zero-order valence-electron chi connectivity index (χ0n) is 25.8. The lowest BCUT2D eigenvalue weighted by Crippen LogP contribution is -2.46. The number of nitrogens with one attached hydrogen (secondary N) is 2. The molecule has 47 heavy (non-hydrogen) atoms. The Bertz CT molecular complexity index is 1980. The van der Waals surface area contributed by atoms with Crippen molar-refractivity contribution in [1.29, 1.82) is 5.26 Å². The van der Waals surface area contributed by atoms with Crippen LogP contribution in [0.5, 0.6) is 0 Å². The third-order valence-corrected chi connectivity index (χ3v) is 9.86. The van der Waals surface area contributed by atoms with Crippen LogP contribution in [0.1, 0.15) is 62.5 Å². The summed E-state index contributed by atoms with van der Waals surface area (Å²) in [5.41, 5.74) is 3.80. The summed E-state index contributed by atoms with van der Waals surface area (Å²) in [5, 5.41) is 27.1. The van der Waals surface area contributed by atoms with Gasteiger partial charge in [-0.3, -0.25) is 9.88 Å². The van der Waals surface area contributed by atoms with Crippen molar-refractivity contribution >= 4 is 74.4 Å². The number of nitriles is 1. The van der Waals surface area contributed by atoms with Gasteiger partial charge in [-0.25, -0.2) is 9.07 Å². The molecule has 2 N–H and O–H groups in total. The second kappa shape index (κ2) is 13.5. The number of halogens is 5. The SMILES string of the molecule is CC(C)(C)N1CCC(n2cc([C@@H](Nc3cc(Cl)c4ncc(C#N)c(Nc5ccc(F)c(Cl)c5Cl)c4c3)c3ccc(Cl)cc3)nn2)CC1. The Morgan fingerprint density at radius 3 is 2.40 bits per heavy atom. The van der Waals surface area contributed by atoms with E-state index in [0.29, 0.717) is 38.0 Å². The normalized spacial score (nSPS) is 15.0. The predicted molar refractivity (Wildman–Crippen MR) is 188 cm³/mol. The van der Waals surface area contributed by atoms with Gasteiger partial charge in [0.15, 0.2) is 0 Å². The minimum Gasteiger partial charge on any atom is -0.373 e. The Balaban J connectivity index is 1.37. The van der Waals surface area contributed by atoms with Crippen molar-refractivity contribution in [2.75, 3.05) is 23.7 Å². The van der Waals surface area contributed by atoms with Crippen LogP contribution in [-0.2, 0) is 0 Å². The fourth-order valence-electron chi connectivity index (χ4n) is 5.87. The first-order valence-electron chi connectivity index (χ1n) is 15.0. The molecule has 5 aromatic rings. The van der Waals surface area contributed by atoms with E-state index < -0.39 is 11.9 Å². The minimum absolute atomic E-state index is 0.0177. The molecule has 0 bridgehead atoms. The van der Waals surface area contributed by atoms with Gasteiger partial charge in [-0.2, -0.15) is 5.26 Å². The molecule has 3 aromatic carbocycles. The molecule has 1 atom stereocenters. The number of likely N-dealkylation sites (tertiary alicyclic amines) is 1. The molecule has 13 heteroatoms. The first-order chi connectivity index (χ1) is 22.4. The van der Waals surface area contributed by atoms with Crippen LogP contribution in [-0.4, -0.2) is 43.5 Å². The van der Waals surface area contributed by atoms with Crippen LogP contribution in [0.2, 0.25) is 20.1 Å². The molecule has 0 amide bonds. The molecule has 1 aliphatic heterocycles. The number of pyridine rings is 1. The molecule has 0 spiro atoms. The number of anilines is 3. The van der Waals surface area contributed by atoms with Crippen LogP contribution >= 0.6 is 46.4 Å². The maximum absolute atomic E-state index is 14.0. The van der Waals surface area contributed by atoms with Crippen molar-refractivity contribution in [3.63, 3.8) is 0 Å². The molecule has 242 valence electrons. The molecular formula is C34H31Cl4FN8. The topological polar surface area (TPSA) is 94.7 Å². The third kappa shape index (κ3) is 6.99. The van der Waals surface area contributed by atoms with Crippen LogP contribution in [0.4, 0.5) is 21.5 Å². The van der Waals surface area contributed by atoms with Crippen LogP contribution in [0.25, 0.3) is 10.9 Å². The predicted octanol–water partition coefficient (Wildman–Crippen LogP) is 9.83. The zero-order chi connectivity index (χ0) is 33.5. The van der Waals surface area contributed by atoms with E-state index in [1.54, 1.807) is 6.07 Å². The van der Waals surface area contributed by atoms with Gasteiger partial charge < -0.3 is 10.6 Å². The lowest BCUT2D eigenvalue weighted by atomic mass is 9.98. The van der Waals surface area contributed by atoms with Gasteiger partial charge in [0, 0.05) is 40.9 Å². The number of aromatic nitrogens is 4. The van der Waals surface area contributed by atoms with Crippen LogP contribution in [0.15, 0.2) is 60.9 Å². The molecule has 8 nitrogen and oxygen atoms in total. The van der Waals surface area contributed by atoms with E-state index in [0.717, 1.165) is 37.2 Å². The van der Waals surface area contributed by atoms with Gasteiger partial charge >= 0.3 is 0 Å². The standard InChI is InChI=1S/C34H31Cl4FN8/c1-34(2,3)46-12-10-23(11-13-46)47-18-28(44-45-47)32(19-4-6-21(35)7-5-19)42-22-14-24-31(20(16-40)17-41-33(24)25(36)15-22)43-27-9-8-26(39)29(37)30(27)38/h4-9,14-15,17-18,23,32,42H,10-13H2,1-3H3,(H,41,43)/t32-/m0/s1. The number of fused-ring (bicyclic) bond motifs is 1. The number of nitrogens with zero attached hydrogens (tertiary/aromatic N) is 6. The van der Waals surface area contributed by atoms with Crippen LogP contribution < -0.4 is 10.6 Å². The van der Waals surface area contributed by atoms with Crippen molar-refractivity contribution in [3.05, 3.63) is 104 Å². The monoisotopic (exact) mass is 710 g/mol. The summed E-state index contributed by atoms with van der Waals surface area (Å²) in [6.07, 6.45) is 5.37. The van der Waals surface area contributed by atoms with Crippen molar-refractivity contribution in [2.24, 2.45) is 0 Å². The fourth-order valence-corrected chi connectivity index (χ4v) is 6.63. The van der Waals surface area contributed by atoms with E-state index in [2.05, 4.69) is 57.7 Å². The highest BCUT2D eigenvalue weighted by atomic mass is 35.5. The maximum Gasteiger partial charge on any atom is 0.143 e. The Morgan fingerprint density at radius 1 is 1.00 bits per heavy atom. The number of piperidine rings is 1. The quantitative estimate of drug-likeness (QED) is 0.162. The maximum atomic E-state index is 14.0. The van der Waals surface area contributed by atoms with Gasteiger partial charge in [-0.15, -0.1) is 5.10 Å². The molecule has 0 saturated carbocycles. The van der Waals surface area contributed by atoms with Gasteiger partial charge in [-0.05, 0) is 75.6 Å². The summed E-state index contributed by atoms with van der Waals surface area (Å²) in [6, 6.07) is 15.8. The lowest BCUT2D eigenvalue weighted by Gasteiger charge is -2.40. The van der Waals surface area contributed by atoms with Crippen molar-refractivity contribution in [3.8, 4) is 6.07 Å². The molecule has 1 fully saturated rings. The molecule has 1 saturated heterocycles. The van der Waals surface area contributed by atoms with Gasteiger partial charge in [0.25, 0.3) is 0 Å². The highest BCUT2D eigenvalue weighted by Crippen LogP contribution is 2.40. The summed E-state index contributed by atoms with van der Waals surface area (Å²) in [7, 11) is 0. The Kier molecular flexibility index (Phi) is 9.52. The average Bonchev–Trinajstić information content (AvgIpc) is 3.54. The summed E-state index contributed by atoms with van der Waals surface area (Å²) in [5.74, 6) is -0.655. The smallest absolute Gasteiger partial charge is 0.143 e. The first-order valence-corrected chi connectivity index (χ1v) is 16.6. The number of benzene rings is 3. The molecule has 1 aliphatic rings. The van der Waals surface area contributed by atoms with E-state index >= 15 is 0 Å². The summed E-state index contributed by atoms with van der Waals surface area (Å²) < 4.78 is 16.0. The number of rotatable bonds is 7. The van der Waals surface area contributed by atoms with Gasteiger partial charge in [0.05, 0.1) is 55.8 Å². The second-order valence-corrected chi connectivity index (χ2v) is 14.1. The summed E-state index contributed by atoms with van der Waals surface area (Å²) in [4.78, 5) is 6.94. The highest BCUT2D eigenvalue weighted by molar-refractivity contribution is 6.44. The number of hydrogen-bond donors (Lipinski definition) is 2. The lowest BCUT2D eigenvalue weighted by molar-refractivity contribution is 0.0866. The summed E-state index contributed by atoms with van der Waals surface area (Å²) >= 11 is 25.5. The van der Waals surface area contributed by atoms with E-state index in [1.807, 2.05) is 41.2 Å². The third-order valence-electron chi connectivity index (χ3n) is 8.47. The Labute approximate surface area is 292 Å². The fraction of sp³-hybridized carbons (Fsp3) is 0.294. The molecule has 0 aliphatic carbocycles. The Hall–Kier alpha value is -3.65. The van der Waals surface area contributed by atoms with Gasteiger partial charge in [0.2, 0.25) is 0 Å². The van der Waals surface area contributed by atoms with Crippen molar-refractivity contribution in [1.82, 2.24) is 24.9 Å². The molecule has 0 unspecified atom stereocenters. The highest BCUT2D eigenvalue weighted by Gasteiger charge is 2.29. The van der Waals surface area contributed by atoms with Crippen molar-refractivity contribution < 1.29 is 4.39 Å². The first kappa shape index (κ1) is 33.3. The molecule has 6 rings (SSSR count). The molecular weight excluding hydrogens is 681 g/mol. The van der Waals surface area contributed by atoms with E-state index in [4.69, 9.17) is 46.4 Å². The summed E-state index contributed by atoms with van der Waals surface area (Å²) in [6.45, 7) is 8.70. The van der Waals surface area contributed by atoms with Crippen LogP contribution in [0.3, 0.4) is 0 Å². The molecule has 2 aromatic heterocycles. The average molecular weight is 712 g/mol.